The Kier molecular flexibility index (Phi) is 3.67. The van der Waals surface area contributed by atoms with Gasteiger partial charge in [0.15, 0.2) is 0 Å². The van der Waals surface area contributed by atoms with Crippen LogP contribution in [0.5, 0.6) is 0 Å². The van der Waals surface area contributed by atoms with Gasteiger partial charge >= 0.3 is 0 Å². The van der Waals surface area contributed by atoms with Gasteiger partial charge in [0.05, 0.1) is 30.6 Å². The summed E-state index contributed by atoms with van der Waals surface area (Å²) in [4.78, 5) is 24.9. The van der Waals surface area contributed by atoms with Crippen molar-refractivity contribution in [3.05, 3.63) is 23.8 Å². The standard InChI is InChI=1S/C14H20N4O2/c1-10-7-16-11(8-15-10)14(19)18-4-3-13-12(9-18)17(2)5-6-20-13/h7-8,12-13H,3-6,9H2,1-2H3/t12-,13-/m0/s1. The van der Waals surface area contributed by atoms with E-state index in [2.05, 4.69) is 21.9 Å². The highest BCUT2D eigenvalue weighted by molar-refractivity contribution is 5.92. The second-order valence-electron chi connectivity index (χ2n) is 5.54. The molecule has 0 unspecified atom stereocenters. The number of likely N-dealkylation sites (tertiary alicyclic amines) is 1. The number of nitrogens with zero attached hydrogens (tertiary/aromatic N) is 4. The van der Waals surface area contributed by atoms with Gasteiger partial charge in [0.2, 0.25) is 0 Å². The fourth-order valence-corrected chi connectivity index (χ4v) is 2.89. The molecule has 3 rings (SSSR count). The van der Waals surface area contributed by atoms with Crippen molar-refractivity contribution in [2.75, 3.05) is 33.3 Å². The number of ether oxygens (including phenoxy) is 1. The van der Waals surface area contributed by atoms with Crippen LogP contribution in [0.25, 0.3) is 0 Å². The second-order valence-corrected chi connectivity index (χ2v) is 5.54. The van der Waals surface area contributed by atoms with Crippen molar-refractivity contribution in [2.45, 2.75) is 25.5 Å². The molecule has 2 fully saturated rings. The van der Waals surface area contributed by atoms with Gasteiger partial charge in [-0.05, 0) is 20.4 Å². The molecular formula is C14H20N4O2. The highest BCUT2D eigenvalue weighted by Gasteiger charge is 2.37. The van der Waals surface area contributed by atoms with Gasteiger partial charge < -0.3 is 9.64 Å². The summed E-state index contributed by atoms with van der Waals surface area (Å²) in [6, 6.07) is 0.292. The molecule has 2 saturated heterocycles. The number of fused-ring (bicyclic) bond motifs is 1. The van der Waals surface area contributed by atoms with Gasteiger partial charge in [-0.3, -0.25) is 14.7 Å². The molecule has 3 heterocycles. The molecular weight excluding hydrogens is 256 g/mol. The number of morpholine rings is 1. The topological polar surface area (TPSA) is 58.6 Å². The summed E-state index contributed by atoms with van der Waals surface area (Å²) in [5.74, 6) is -0.0325. The first-order chi connectivity index (χ1) is 9.65. The Morgan fingerprint density at radius 2 is 2.20 bits per heavy atom. The van der Waals surface area contributed by atoms with Gasteiger partial charge in [-0.1, -0.05) is 0 Å². The number of aryl methyl sites for hydroxylation is 1. The third-order valence-corrected chi connectivity index (χ3v) is 4.15. The van der Waals surface area contributed by atoms with Gasteiger partial charge in [0, 0.05) is 25.8 Å². The second kappa shape index (κ2) is 5.46. The zero-order valence-corrected chi connectivity index (χ0v) is 12.0. The normalized spacial score (nSPS) is 27.2. The van der Waals surface area contributed by atoms with Crippen molar-refractivity contribution in [1.29, 1.82) is 0 Å². The maximum atomic E-state index is 12.5. The van der Waals surface area contributed by atoms with Crippen LogP contribution in [-0.2, 0) is 4.74 Å². The number of likely N-dealkylation sites (N-methyl/N-ethyl adjacent to an activating group) is 1. The van der Waals surface area contributed by atoms with Crippen LogP contribution in [0.2, 0.25) is 0 Å². The van der Waals surface area contributed by atoms with Gasteiger partial charge in [-0.25, -0.2) is 4.98 Å². The molecule has 2 aliphatic rings. The monoisotopic (exact) mass is 276 g/mol. The van der Waals surface area contributed by atoms with Crippen molar-refractivity contribution >= 4 is 5.91 Å². The zero-order chi connectivity index (χ0) is 14.1. The molecule has 20 heavy (non-hydrogen) atoms. The molecule has 2 aliphatic heterocycles. The van der Waals surface area contributed by atoms with E-state index in [1.807, 2.05) is 11.8 Å². The third kappa shape index (κ3) is 2.53. The molecule has 0 radical (unpaired) electrons. The maximum absolute atomic E-state index is 12.5. The average molecular weight is 276 g/mol. The number of piperidine rings is 1. The van der Waals surface area contributed by atoms with Crippen molar-refractivity contribution in [1.82, 2.24) is 19.8 Å². The summed E-state index contributed by atoms with van der Waals surface area (Å²) >= 11 is 0. The Morgan fingerprint density at radius 1 is 1.35 bits per heavy atom. The van der Waals surface area contributed by atoms with E-state index in [1.54, 1.807) is 12.4 Å². The molecule has 6 nitrogen and oxygen atoms in total. The Hall–Kier alpha value is -1.53. The van der Waals surface area contributed by atoms with Crippen molar-refractivity contribution < 1.29 is 9.53 Å². The first kappa shape index (κ1) is 13.5. The van der Waals surface area contributed by atoms with Gasteiger partial charge in [-0.2, -0.15) is 0 Å². The van der Waals surface area contributed by atoms with E-state index < -0.39 is 0 Å². The maximum Gasteiger partial charge on any atom is 0.274 e. The molecule has 0 bridgehead atoms. The average Bonchev–Trinajstić information content (AvgIpc) is 2.47. The lowest BCUT2D eigenvalue weighted by Gasteiger charge is -2.45. The minimum Gasteiger partial charge on any atom is -0.375 e. The van der Waals surface area contributed by atoms with Gasteiger partial charge in [0.25, 0.3) is 5.91 Å². The summed E-state index contributed by atoms with van der Waals surface area (Å²) in [7, 11) is 2.10. The first-order valence-electron chi connectivity index (χ1n) is 7.05. The number of rotatable bonds is 1. The molecule has 1 aromatic heterocycles. The summed E-state index contributed by atoms with van der Waals surface area (Å²) in [6.45, 7) is 5.00. The predicted molar refractivity (Wildman–Crippen MR) is 73.4 cm³/mol. The largest absolute Gasteiger partial charge is 0.375 e. The lowest BCUT2D eigenvalue weighted by atomic mass is 9.99. The Balaban J connectivity index is 1.71. The molecule has 0 aromatic carbocycles. The van der Waals surface area contributed by atoms with E-state index in [4.69, 9.17) is 4.74 Å². The molecule has 2 atom stereocenters. The first-order valence-corrected chi connectivity index (χ1v) is 7.05. The number of carbonyl (C=O) groups is 1. The van der Waals surface area contributed by atoms with E-state index in [0.29, 0.717) is 18.3 Å². The summed E-state index contributed by atoms with van der Waals surface area (Å²) in [5.41, 5.74) is 1.24. The summed E-state index contributed by atoms with van der Waals surface area (Å²) in [6.07, 6.45) is 4.34. The lowest BCUT2D eigenvalue weighted by Crippen LogP contribution is -2.59. The molecule has 6 heteroatoms. The summed E-state index contributed by atoms with van der Waals surface area (Å²) < 4.78 is 5.79. The lowest BCUT2D eigenvalue weighted by molar-refractivity contribution is -0.0894. The number of hydrogen-bond acceptors (Lipinski definition) is 5. The highest BCUT2D eigenvalue weighted by atomic mass is 16.5. The van der Waals surface area contributed by atoms with Crippen LogP contribution < -0.4 is 0 Å². The molecule has 108 valence electrons. The molecule has 0 N–H and O–H groups in total. The number of aromatic nitrogens is 2. The molecule has 0 saturated carbocycles. The highest BCUT2D eigenvalue weighted by Crippen LogP contribution is 2.22. The molecule has 1 amide bonds. The van der Waals surface area contributed by atoms with E-state index in [0.717, 1.165) is 31.8 Å². The van der Waals surface area contributed by atoms with E-state index >= 15 is 0 Å². The smallest absolute Gasteiger partial charge is 0.274 e. The van der Waals surface area contributed by atoms with Crippen LogP contribution in [0.15, 0.2) is 12.4 Å². The van der Waals surface area contributed by atoms with Crippen LogP contribution in [0, 0.1) is 6.92 Å². The van der Waals surface area contributed by atoms with Gasteiger partial charge in [0.1, 0.15) is 5.69 Å². The van der Waals surface area contributed by atoms with Crippen LogP contribution in [0.4, 0.5) is 0 Å². The van der Waals surface area contributed by atoms with E-state index in [9.17, 15) is 4.79 Å². The number of amides is 1. The number of hydrogen-bond donors (Lipinski definition) is 0. The third-order valence-electron chi connectivity index (χ3n) is 4.15. The van der Waals surface area contributed by atoms with Crippen molar-refractivity contribution in [3.8, 4) is 0 Å². The van der Waals surface area contributed by atoms with E-state index in [1.165, 1.54) is 0 Å². The fourth-order valence-electron chi connectivity index (χ4n) is 2.89. The Bertz CT molecular complexity index is 490. The molecule has 0 aliphatic carbocycles. The Morgan fingerprint density at radius 3 is 2.95 bits per heavy atom. The molecule has 1 aromatic rings. The Labute approximate surface area is 118 Å². The minimum atomic E-state index is -0.0325. The zero-order valence-electron chi connectivity index (χ0n) is 12.0. The number of carbonyl (C=O) groups excluding carboxylic acids is 1. The SMILES string of the molecule is Cc1cnc(C(=O)N2CC[C@@H]3OCCN(C)[C@H]3C2)cn1. The quantitative estimate of drug-likeness (QED) is 0.740. The minimum absolute atomic E-state index is 0.0325. The molecule has 0 spiro atoms. The fraction of sp³-hybridized carbons (Fsp3) is 0.643. The van der Waals surface area contributed by atoms with E-state index in [-0.39, 0.29) is 12.0 Å². The van der Waals surface area contributed by atoms with Crippen LogP contribution in [0.3, 0.4) is 0 Å². The van der Waals surface area contributed by atoms with Crippen molar-refractivity contribution in [3.63, 3.8) is 0 Å². The summed E-state index contributed by atoms with van der Waals surface area (Å²) in [5, 5.41) is 0. The van der Waals surface area contributed by atoms with Crippen molar-refractivity contribution in [2.24, 2.45) is 0 Å². The predicted octanol–water partition coefficient (Wildman–Crippen LogP) is 0.330. The van der Waals surface area contributed by atoms with Gasteiger partial charge in [-0.15, -0.1) is 0 Å². The van der Waals surface area contributed by atoms with Crippen LogP contribution in [0.1, 0.15) is 22.6 Å². The van der Waals surface area contributed by atoms with Crippen LogP contribution >= 0.6 is 0 Å². The van der Waals surface area contributed by atoms with Crippen LogP contribution in [-0.4, -0.2) is 71.1 Å².